The van der Waals surface area contributed by atoms with Crippen molar-refractivity contribution in [2.45, 2.75) is 20.8 Å². The Morgan fingerprint density at radius 3 is 2.18 bits per heavy atom. The first-order chi connectivity index (χ1) is 10.6. The number of esters is 2. The zero-order valence-corrected chi connectivity index (χ0v) is 13.1. The number of nitrogens with zero attached hydrogens (tertiary/aromatic N) is 1. The van der Waals surface area contributed by atoms with Crippen molar-refractivity contribution in [3.8, 4) is 5.75 Å². The topological polar surface area (TPSA) is 74.2 Å². The van der Waals surface area contributed by atoms with Crippen LogP contribution in [0.15, 0.2) is 29.3 Å². The fourth-order valence-corrected chi connectivity index (χ4v) is 1.68. The molecule has 0 fully saturated rings. The summed E-state index contributed by atoms with van der Waals surface area (Å²) in [7, 11) is 0. The van der Waals surface area contributed by atoms with Crippen molar-refractivity contribution < 1.29 is 23.8 Å². The van der Waals surface area contributed by atoms with Gasteiger partial charge < -0.3 is 14.2 Å². The van der Waals surface area contributed by atoms with Gasteiger partial charge in [0.2, 0.25) is 0 Å². The number of carbonyl (C=O) groups excluding carboxylic acids is 2. The van der Waals surface area contributed by atoms with Gasteiger partial charge in [-0.15, -0.1) is 0 Å². The summed E-state index contributed by atoms with van der Waals surface area (Å²) in [6.45, 7) is 6.05. The monoisotopic (exact) mass is 307 g/mol. The van der Waals surface area contributed by atoms with Gasteiger partial charge in [-0.1, -0.05) is 12.1 Å². The molecule has 1 rings (SSSR count). The van der Waals surface area contributed by atoms with Crippen LogP contribution in [-0.4, -0.2) is 38.0 Å². The molecule has 0 aromatic heterocycles. The van der Waals surface area contributed by atoms with Crippen LogP contribution in [0.4, 0.5) is 5.69 Å². The fourth-order valence-electron chi connectivity index (χ4n) is 1.68. The Kier molecular flexibility index (Phi) is 7.67. The van der Waals surface area contributed by atoms with Gasteiger partial charge in [-0.25, -0.2) is 0 Å². The van der Waals surface area contributed by atoms with Crippen LogP contribution in [0.2, 0.25) is 0 Å². The molecule has 0 bridgehead atoms. The fraction of sp³-hybridized carbons (Fsp3) is 0.438. The second-order valence-corrected chi connectivity index (χ2v) is 4.16. The Labute approximate surface area is 130 Å². The smallest absolute Gasteiger partial charge is 0.325 e. The quantitative estimate of drug-likeness (QED) is 0.419. The Balaban J connectivity index is 2.97. The summed E-state index contributed by atoms with van der Waals surface area (Å²) >= 11 is 0. The summed E-state index contributed by atoms with van der Waals surface area (Å²) in [5, 5.41) is 0. The van der Waals surface area contributed by atoms with Crippen LogP contribution in [-0.2, 0) is 19.1 Å². The first kappa shape index (κ1) is 17.7. The van der Waals surface area contributed by atoms with E-state index in [4.69, 9.17) is 14.2 Å². The highest BCUT2D eigenvalue weighted by Crippen LogP contribution is 2.26. The summed E-state index contributed by atoms with van der Waals surface area (Å²) in [5.41, 5.74) is 0.531. The van der Waals surface area contributed by atoms with E-state index in [1.54, 1.807) is 32.0 Å². The maximum absolute atomic E-state index is 11.8. The number of benzene rings is 1. The largest absolute Gasteiger partial charge is 0.492 e. The van der Waals surface area contributed by atoms with E-state index in [2.05, 4.69) is 4.99 Å². The molecule has 0 aliphatic heterocycles. The molecule has 0 radical (unpaired) electrons. The molecule has 1 aromatic carbocycles. The van der Waals surface area contributed by atoms with Gasteiger partial charge in [-0.05, 0) is 32.9 Å². The minimum absolute atomic E-state index is 0.179. The molecule has 0 aliphatic carbocycles. The standard InChI is InChI=1S/C16H21NO5/c1-4-20-14-10-8-7-9-13(14)17-11-12(15(18)21-5-2)16(19)22-6-3/h7-12H,4-6H2,1-3H3. The Bertz CT molecular complexity index is 509. The third kappa shape index (κ3) is 5.20. The number of carbonyl (C=O) groups is 2. The van der Waals surface area contributed by atoms with Crippen LogP contribution < -0.4 is 4.74 Å². The van der Waals surface area contributed by atoms with E-state index in [9.17, 15) is 9.59 Å². The lowest BCUT2D eigenvalue weighted by Crippen LogP contribution is -2.29. The number of hydrogen-bond donors (Lipinski definition) is 0. The average Bonchev–Trinajstić information content (AvgIpc) is 2.50. The molecular formula is C16H21NO5. The van der Waals surface area contributed by atoms with Gasteiger partial charge in [0, 0.05) is 6.21 Å². The predicted octanol–water partition coefficient (Wildman–Crippen LogP) is 2.53. The van der Waals surface area contributed by atoms with Crippen molar-refractivity contribution in [1.29, 1.82) is 0 Å². The van der Waals surface area contributed by atoms with E-state index >= 15 is 0 Å². The van der Waals surface area contributed by atoms with Crippen LogP contribution >= 0.6 is 0 Å². The first-order valence-electron chi connectivity index (χ1n) is 7.23. The van der Waals surface area contributed by atoms with Gasteiger partial charge in [-0.3, -0.25) is 14.6 Å². The van der Waals surface area contributed by atoms with Crippen LogP contribution in [0, 0.1) is 5.92 Å². The van der Waals surface area contributed by atoms with E-state index < -0.39 is 17.9 Å². The van der Waals surface area contributed by atoms with Crippen molar-refractivity contribution >= 4 is 23.8 Å². The summed E-state index contributed by atoms with van der Waals surface area (Å²) in [6.07, 6.45) is 1.23. The number of aliphatic imine (C=N–C) groups is 1. The second-order valence-electron chi connectivity index (χ2n) is 4.16. The molecule has 6 heteroatoms. The van der Waals surface area contributed by atoms with E-state index in [1.807, 2.05) is 13.0 Å². The summed E-state index contributed by atoms with van der Waals surface area (Å²) in [6, 6.07) is 7.10. The Morgan fingerprint density at radius 1 is 1.05 bits per heavy atom. The lowest BCUT2D eigenvalue weighted by Gasteiger charge is -2.10. The highest BCUT2D eigenvalue weighted by molar-refractivity contribution is 6.09. The molecule has 0 unspecified atom stereocenters. The third-order valence-electron chi connectivity index (χ3n) is 2.61. The number of rotatable bonds is 8. The summed E-state index contributed by atoms with van der Waals surface area (Å²) in [5.74, 6) is -1.97. The van der Waals surface area contributed by atoms with Crippen LogP contribution in [0.3, 0.4) is 0 Å². The second kappa shape index (κ2) is 9.55. The van der Waals surface area contributed by atoms with Gasteiger partial charge in [0.15, 0.2) is 5.92 Å². The molecule has 0 atom stereocenters. The summed E-state index contributed by atoms with van der Waals surface area (Å²) < 4.78 is 15.2. The zero-order valence-electron chi connectivity index (χ0n) is 13.1. The van der Waals surface area contributed by atoms with E-state index in [1.165, 1.54) is 6.21 Å². The molecule has 0 saturated carbocycles. The van der Waals surface area contributed by atoms with Gasteiger partial charge in [0.05, 0.1) is 19.8 Å². The molecular weight excluding hydrogens is 286 g/mol. The Hall–Kier alpha value is -2.37. The molecule has 0 amide bonds. The van der Waals surface area contributed by atoms with Gasteiger partial charge in [0.1, 0.15) is 11.4 Å². The Morgan fingerprint density at radius 2 is 1.64 bits per heavy atom. The molecule has 22 heavy (non-hydrogen) atoms. The maximum atomic E-state index is 11.8. The molecule has 0 saturated heterocycles. The molecule has 1 aromatic rings. The van der Waals surface area contributed by atoms with Gasteiger partial charge >= 0.3 is 11.9 Å². The van der Waals surface area contributed by atoms with E-state index in [0.29, 0.717) is 18.0 Å². The minimum Gasteiger partial charge on any atom is -0.492 e. The van der Waals surface area contributed by atoms with Crippen LogP contribution in [0.25, 0.3) is 0 Å². The minimum atomic E-state index is -1.19. The lowest BCUT2D eigenvalue weighted by atomic mass is 10.1. The molecule has 0 N–H and O–H groups in total. The van der Waals surface area contributed by atoms with Crippen molar-refractivity contribution in [3.63, 3.8) is 0 Å². The van der Waals surface area contributed by atoms with E-state index in [0.717, 1.165) is 0 Å². The van der Waals surface area contributed by atoms with Crippen molar-refractivity contribution in [2.75, 3.05) is 19.8 Å². The van der Waals surface area contributed by atoms with Crippen LogP contribution in [0.5, 0.6) is 5.75 Å². The molecule has 120 valence electrons. The van der Waals surface area contributed by atoms with Crippen molar-refractivity contribution in [2.24, 2.45) is 10.9 Å². The normalized spacial score (nSPS) is 10.7. The lowest BCUT2D eigenvalue weighted by molar-refractivity contribution is -0.157. The van der Waals surface area contributed by atoms with Crippen molar-refractivity contribution in [3.05, 3.63) is 24.3 Å². The number of ether oxygens (including phenoxy) is 3. The molecule has 0 aliphatic rings. The number of hydrogen-bond acceptors (Lipinski definition) is 6. The van der Waals surface area contributed by atoms with Gasteiger partial charge in [0.25, 0.3) is 0 Å². The first-order valence-corrected chi connectivity index (χ1v) is 7.23. The molecule has 6 nitrogen and oxygen atoms in total. The third-order valence-corrected chi connectivity index (χ3v) is 2.61. The highest BCUT2D eigenvalue weighted by Gasteiger charge is 2.27. The van der Waals surface area contributed by atoms with Crippen molar-refractivity contribution in [1.82, 2.24) is 0 Å². The molecule has 0 heterocycles. The maximum Gasteiger partial charge on any atom is 0.325 e. The average molecular weight is 307 g/mol. The molecule has 0 spiro atoms. The van der Waals surface area contributed by atoms with Crippen LogP contribution in [0.1, 0.15) is 20.8 Å². The number of para-hydroxylation sites is 2. The van der Waals surface area contributed by atoms with Gasteiger partial charge in [-0.2, -0.15) is 0 Å². The highest BCUT2D eigenvalue weighted by atomic mass is 16.6. The SMILES string of the molecule is CCOC(=O)C(C=Nc1ccccc1OCC)C(=O)OCC. The zero-order chi connectivity index (χ0) is 16.4. The van der Waals surface area contributed by atoms with E-state index in [-0.39, 0.29) is 13.2 Å². The predicted molar refractivity (Wildman–Crippen MR) is 82.5 cm³/mol. The summed E-state index contributed by atoms with van der Waals surface area (Å²) in [4.78, 5) is 27.9.